The molecule has 0 aliphatic heterocycles. The van der Waals surface area contributed by atoms with Crippen LogP contribution in [0.2, 0.25) is 0 Å². The number of rotatable bonds is 14. The minimum absolute atomic E-state index is 0.0327. The van der Waals surface area contributed by atoms with Crippen LogP contribution in [0.1, 0.15) is 92.9 Å². The Morgan fingerprint density at radius 1 is 0.840 bits per heavy atom. The minimum Gasteiger partial charge on any atom is -0.481 e. The van der Waals surface area contributed by atoms with Gasteiger partial charge < -0.3 is 30.6 Å². The number of benzene rings is 3. The Bertz CT molecular complexity index is 1690. The van der Waals surface area contributed by atoms with E-state index in [-0.39, 0.29) is 37.6 Å². The molecule has 0 heterocycles. The number of carboxylic acids is 1. The van der Waals surface area contributed by atoms with Gasteiger partial charge in [-0.25, -0.2) is 4.79 Å². The van der Waals surface area contributed by atoms with Crippen LogP contribution in [0.15, 0.2) is 66.7 Å². The molecule has 3 aromatic carbocycles. The van der Waals surface area contributed by atoms with E-state index in [2.05, 4.69) is 16.0 Å². The van der Waals surface area contributed by atoms with Crippen molar-refractivity contribution in [3.8, 4) is 11.1 Å². The molecule has 2 amide bonds. The molecule has 3 atom stereocenters. The van der Waals surface area contributed by atoms with Gasteiger partial charge in [-0.15, -0.1) is 0 Å². The second-order valence-electron chi connectivity index (χ2n) is 15.1. The predicted octanol–water partition coefficient (Wildman–Crippen LogP) is 5.98. The number of aryl methyl sites for hydroxylation is 1. The van der Waals surface area contributed by atoms with Crippen molar-refractivity contribution >= 4 is 30.0 Å². The number of carbonyl (C=O) groups is 5. The number of amides is 2. The van der Waals surface area contributed by atoms with Crippen molar-refractivity contribution in [2.75, 3.05) is 6.61 Å². The lowest BCUT2D eigenvalue weighted by Crippen LogP contribution is -2.54. The third-order valence-corrected chi connectivity index (χ3v) is 8.97. The first kappa shape index (κ1) is 38.0. The molecule has 0 saturated heterocycles. The Morgan fingerprint density at radius 3 is 1.98 bits per heavy atom. The van der Waals surface area contributed by atoms with Crippen LogP contribution in [0.5, 0.6) is 0 Å². The number of alkyl carbamates (subject to hydrolysis) is 1. The Balaban J connectivity index is 1.63. The summed E-state index contributed by atoms with van der Waals surface area (Å²) in [5.74, 6) is -2.14. The van der Waals surface area contributed by atoms with Crippen molar-refractivity contribution in [1.29, 1.82) is 0 Å². The molecule has 10 heteroatoms. The summed E-state index contributed by atoms with van der Waals surface area (Å²) in [6.07, 6.45) is -0.389. The van der Waals surface area contributed by atoms with Crippen LogP contribution >= 0.6 is 0 Å². The monoisotopic (exact) mass is 683 g/mol. The molecule has 4 rings (SSSR count). The first-order chi connectivity index (χ1) is 23.5. The maximum atomic E-state index is 14.1. The summed E-state index contributed by atoms with van der Waals surface area (Å²) in [5.41, 5.74) is 4.68. The van der Waals surface area contributed by atoms with Gasteiger partial charge in [0.15, 0.2) is 5.78 Å². The molecule has 1 aliphatic rings. The second kappa shape index (κ2) is 15.8. The summed E-state index contributed by atoms with van der Waals surface area (Å²) in [7, 11) is 0. The molecule has 0 saturated carbocycles. The third kappa shape index (κ3) is 9.44. The molecule has 266 valence electrons. The van der Waals surface area contributed by atoms with Crippen molar-refractivity contribution in [1.82, 2.24) is 16.0 Å². The SMILES string of the molecule is Cc1cccc(C(=O)[C@H](CCC(=O)O)NC(C)(C)C)c1C[C@H](NC(=O)OCC1c2ccccc2-c2ccccc21)C(=O)N[C@H](C=O)C(C)(C)C. The Morgan fingerprint density at radius 2 is 1.44 bits per heavy atom. The molecule has 4 N–H and O–H groups in total. The molecule has 10 nitrogen and oxygen atoms in total. The van der Waals surface area contributed by atoms with Gasteiger partial charge in [-0.05, 0) is 72.9 Å². The molecular weight excluding hydrogens is 634 g/mol. The number of hydrogen-bond acceptors (Lipinski definition) is 7. The summed E-state index contributed by atoms with van der Waals surface area (Å²) in [5, 5.41) is 18.1. The van der Waals surface area contributed by atoms with Crippen LogP contribution < -0.4 is 16.0 Å². The zero-order chi connectivity index (χ0) is 36.8. The number of ether oxygens (including phenoxy) is 1. The van der Waals surface area contributed by atoms with Gasteiger partial charge in [0.2, 0.25) is 5.91 Å². The van der Waals surface area contributed by atoms with E-state index in [1.807, 2.05) is 90.1 Å². The van der Waals surface area contributed by atoms with E-state index < -0.39 is 47.0 Å². The number of carbonyl (C=O) groups excluding carboxylic acids is 4. The molecule has 0 fully saturated rings. The molecular formula is C40H49N3O7. The zero-order valence-electron chi connectivity index (χ0n) is 30.0. The third-order valence-electron chi connectivity index (χ3n) is 8.97. The van der Waals surface area contributed by atoms with Gasteiger partial charge in [-0.2, -0.15) is 0 Å². The standard InChI is InChI=1S/C40H49N3O7/c1-24-13-12-18-29(36(47)32(19-20-35(45)46)43-40(5,6)7)30(24)21-33(37(48)42-34(22-44)39(2,3)4)41-38(49)50-23-31-27-16-10-8-14-25(27)26-15-9-11-17-28(26)31/h8-18,22,31-34,43H,19-21,23H2,1-7H3,(H,41,49)(H,42,48)(H,45,46)/t32-,33-,34+/m0/s1. The summed E-state index contributed by atoms with van der Waals surface area (Å²) in [6, 6.07) is 18.2. The number of ketones is 1. The average Bonchev–Trinajstić information content (AvgIpc) is 3.37. The number of Topliss-reactive ketones (excluding diaryl/α,β-unsaturated/α-hetero) is 1. The number of aldehydes is 1. The first-order valence-corrected chi connectivity index (χ1v) is 17.0. The van der Waals surface area contributed by atoms with Gasteiger partial charge in [-0.1, -0.05) is 87.5 Å². The van der Waals surface area contributed by atoms with Crippen LogP contribution in [0.3, 0.4) is 0 Å². The van der Waals surface area contributed by atoms with Gasteiger partial charge in [-0.3, -0.25) is 14.4 Å². The average molecular weight is 684 g/mol. The number of carboxylic acid groups (broad SMARTS) is 1. The Labute approximate surface area is 294 Å². The van der Waals surface area contributed by atoms with E-state index in [4.69, 9.17) is 4.74 Å². The number of aliphatic carboxylic acids is 1. The van der Waals surface area contributed by atoms with Crippen molar-refractivity contribution in [2.45, 2.75) is 97.3 Å². The fourth-order valence-electron chi connectivity index (χ4n) is 6.36. The molecule has 0 spiro atoms. The largest absolute Gasteiger partial charge is 0.481 e. The van der Waals surface area contributed by atoms with Crippen LogP contribution in [-0.2, 0) is 25.5 Å². The lowest BCUT2D eigenvalue weighted by atomic mass is 9.86. The van der Waals surface area contributed by atoms with Crippen LogP contribution in [0.25, 0.3) is 11.1 Å². The van der Waals surface area contributed by atoms with E-state index in [1.165, 1.54) is 0 Å². The molecule has 50 heavy (non-hydrogen) atoms. The quantitative estimate of drug-likeness (QED) is 0.120. The highest BCUT2D eigenvalue weighted by Crippen LogP contribution is 2.44. The zero-order valence-corrected chi connectivity index (χ0v) is 30.0. The topological polar surface area (TPSA) is 151 Å². The molecule has 1 aliphatic carbocycles. The molecule has 0 bridgehead atoms. The van der Waals surface area contributed by atoms with E-state index in [0.717, 1.165) is 22.3 Å². The summed E-state index contributed by atoms with van der Waals surface area (Å²) >= 11 is 0. The van der Waals surface area contributed by atoms with Gasteiger partial charge in [0.05, 0.1) is 12.1 Å². The maximum Gasteiger partial charge on any atom is 0.407 e. The van der Waals surface area contributed by atoms with Crippen molar-refractivity contribution in [2.24, 2.45) is 5.41 Å². The van der Waals surface area contributed by atoms with E-state index in [9.17, 15) is 29.1 Å². The lowest BCUT2D eigenvalue weighted by Gasteiger charge is -2.30. The van der Waals surface area contributed by atoms with Crippen LogP contribution in [0.4, 0.5) is 4.79 Å². The fraction of sp³-hybridized carbons (Fsp3) is 0.425. The van der Waals surface area contributed by atoms with E-state index >= 15 is 0 Å². The van der Waals surface area contributed by atoms with Crippen LogP contribution in [-0.4, -0.2) is 65.4 Å². The van der Waals surface area contributed by atoms with Crippen LogP contribution in [0, 0.1) is 12.3 Å². The first-order valence-electron chi connectivity index (χ1n) is 17.0. The van der Waals surface area contributed by atoms with E-state index in [0.29, 0.717) is 23.0 Å². The molecule has 0 radical (unpaired) electrons. The normalized spacial score (nSPS) is 14.5. The Kier molecular flexibility index (Phi) is 12.0. The number of fused-ring (bicyclic) bond motifs is 3. The minimum atomic E-state index is -1.21. The second-order valence-corrected chi connectivity index (χ2v) is 15.1. The Hall–Kier alpha value is -4.83. The maximum absolute atomic E-state index is 14.1. The van der Waals surface area contributed by atoms with Crippen molar-refractivity contribution in [3.05, 3.63) is 94.5 Å². The number of nitrogens with one attached hydrogen (secondary N) is 3. The van der Waals surface area contributed by atoms with Crippen molar-refractivity contribution < 1.29 is 33.8 Å². The van der Waals surface area contributed by atoms with E-state index in [1.54, 1.807) is 25.1 Å². The summed E-state index contributed by atoms with van der Waals surface area (Å²) in [6.45, 7) is 13.0. The molecule has 0 unspecified atom stereocenters. The van der Waals surface area contributed by atoms with Crippen molar-refractivity contribution in [3.63, 3.8) is 0 Å². The van der Waals surface area contributed by atoms with Gasteiger partial charge in [0, 0.05) is 29.9 Å². The number of hydrogen-bond donors (Lipinski definition) is 4. The summed E-state index contributed by atoms with van der Waals surface area (Å²) < 4.78 is 5.78. The smallest absolute Gasteiger partial charge is 0.407 e. The molecule has 3 aromatic rings. The summed E-state index contributed by atoms with van der Waals surface area (Å²) in [4.78, 5) is 64.9. The van der Waals surface area contributed by atoms with Gasteiger partial charge in [0.25, 0.3) is 0 Å². The predicted molar refractivity (Wildman–Crippen MR) is 192 cm³/mol. The fourth-order valence-corrected chi connectivity index (χ4v) is 6.36. The highest BCUT2D eigenvalue weighted by atomic mass is 16.5. The van der Waals surface area contributed by atoms with Gasteiger partial charge in [0.1, 0.15) is 18.9 Å². The van der Waals surface area contributed by atoms with Gasteiger partial charge >= 0.3 is 12.1 Å². The highest BCUT2D eigenvalue weighted by Gasteiger charge is 2.34. The lowest BCUT2D eigenvalue weighted by molar-refractivity contribution is -0.137. The highest BCUT2D eigenvalue weighted by molar-refractivity contribution is 6.02. The molecule has 0 aromatic heterocycles.